The van der Waals surface area contributed by atoms with Gasteiger partial charge in [-0.25, -0.2) is 0 Å². The minimum Gasteiger partial charge on any atom is -0.370 e. The van der Waals surface area contributed by atoms with Gasteiger partial charge in [0.1, 0.15) is 36.3 Å². The summed E-state index contributed by atoms with van der Waals surface area (Å²) >= 11 is 12.8. The monoisotopic (exact) mass is 1080 g/mol. The standard InChI is InChI=1S/C48H71Cl2N17O8/c1-26(68)61-34(10-5-19-58-47(53)54)41(70)64-36-14-15-40(69)57-18-4-7-30(24-52)62-45(74)39(22-28-25-60-33-9-3-2-8-31(28)33)67-42(71)35(11-6-20-59-48(55)56)63-46(75)38(21-27-12-13-29(49)23-32(27)50)66-44(73)37(16-17-51)65-43(36)72/h2-3,8-9,12-13,23,25,30,34-39,60H,4-7,10-11,14-22,24,51-52H2,1H3,(H,57,69)(H,61,68)(H,62,74)(H,63,75)(H,64,70)(H,65,72)(H,66,73)(H,67,71)(H4,53,54,58)(H4,55,56,59)/t30-,34-,35-,36-,37-,38+,39-/m0/s1. The van der Waals surface area contributed by atoms with Crippen LogP contribution in [0.25, 0.3) is 10.9 Å². The van der Waals surface area contributed by atoms with E-state index in [1.165, 1.54) is 19.1 Å². The summed E-state index contributed by atoms with van der Waals surface area (Å²) < 4.78 is 0. The van der Waals surface area contributed by atoms with Gasteiger partial charge in [-0.2, -0.15) is 0 Å². The third-order valence-corrected chi connectivity index (χ3v) is 12.7. The molecule has 2 heterocycles. The van der Waals surface area contributed by atoms with Gasteiger partial charge >= 0.3 is 0 Å². The van der Waals surface area contributed by atoms with E-state index in [-0.39, 0.29) is 112 Å². The van der Waals surface area contributed by atoms with Crippen LogP contribution in [-0.4, -0.2) is 139 Å². The summed E-state index contributed by atoms with van der Waals surface area (Å²) in [6.45, 7) is 1.39. The van der Waals surface area contributed by atoms with Gasteiger partial charge in [0.15, 0.2) is 11.9 Å². The number of nitrogens with two attached hydrogens (primary N) is 6. The number of nitrogens with one attached hydrogen (secondary N) is 9. The van der Waals surface area contributed by atoms with Crippen LogP contribution in [0, 0.1) is 0 Å². The Balaban J connectivity index is 1.77. The van der Waals surface area contributed by atoms with Gasteiger partial charge in [-0.1, -0.05) is 47.5 Å². The molecule has 8 amide bonds. The zero-order valence-electron chi connectivity index (χ0n) is 41.9. The molecule has 4 rings (SSSR count). The minimum atomic E-state index is -1.49. The van der Waals surface area contributed by atoms with Gasteiger partial charge in [0, 0.05) is 85.6 Å². The fourth-order valence-electron chi connectivity index (χ4n) is 8.19. The van der Waals surface area contributed by atoms with E-state index in [2.05, 4.69) is 57.5 Å². The van der Waals surface area contributed by atoms with Crippen molar-refractivity contribution in [2.24, 2.45) is 44.4 Å². The predicted octanol–water partition coefficient (Wildman–Crippen LogP) is -2.22. The summed E-state index contributed by atoms with van der Waals surface area (Å²) in [5.74, 6) is -6.18. The number of aliphatic imine (C=N–C) groups is 2. The number of guanidine groups is 2. The summed E-state index contributed by atoms with van der Waals surface area (Å²) in [7, 11) is 0. The molecule has 0 radical (unpaired) electrons. The molecule has 0 aliphatic carbocycles. The predicted molar refractivity (Wildman–Crippen MR) is 285 cm³/mol. The molecule has 27 heteroatoms. The summed E-state index contributed by atoms with van der Waals surface area (Å²) in [4.78, 5) is 123. The quantitative estimate of drug-likeness (QED) is 0.0365. The first kappa shape index (κ1) is 60.3. The third-order valence-electron chi connectivity index (χ3n) is 12.1. The van der Waals surface area contributed by atoms with E-state index in [0.717, 1.165) is 10.9 Å². The highest BCUT2D eigenvalue weighted by Gasteiger charge is 2.34. The van der Waals surface area contributed by atoms with Gasteiger partial charge in [0.05, 0.1) is 0 Å². The number of para-hydroxylation sites is 1. The molecule has 21 N–H and O–H groups in total. The Labute approximate surface area is 444 Å². The summed E-state index contributed by atoms with van der Waals surface area (Å²) in [6, 6.07) is 3.24. The van der Waals surface area contributed by atoms with Gasteiger partial charge in [-0.15, -0.1) is 0 Å². The summed E-state index contributed by atoms with van der Waals surface area (Å²) in [5, 5.41) is 23.0. The number of fused-ring (bicyclic) bond motifs is 1. The molecule has 410 valence electrons. The van der Waals surface area contributed by atoms with Crippen molar-refractivity contribution >= 4 is 93.3 Å². The van der Waals surface area contributed by atoms with E-state index < -0.39 is 89.6 Å². The van der Waals surface area contributed by atoms with E-state index >= 15 is 0 Å². The molecular formula is C48H71Cl2N17O8. The largest absolute Gasteiger partial charge is 0.370 e. The van der Waals surface area contributed by atoms with E-state index in [1.807, 2.05) is 24.3 Å². The molecule has 1 saturated heterocycles. The number of halogens is 2. The van der Waals surface area contributed by atoms with Crippen LogP contribution in [0.2, 0.25) is 10.0 Å². The summed E-state index contributed by atoms with van der Waals surface area (Å²) in [6.07, 6.45) is 1.85. The van der Waals surface area contributed by atoms with E-state index in [1.54, 1.807) is 12.3 Å². The molecule has 1 aromatic heterocycles. The number of carbonyl (C=O) groups excluding carboxylic acids is 8. The highest BCUT2D eigenvalue weighted by Crippen LogP contribution is 2.23. The molecule has 0 spiro atoms. The molecule has 75 heavy (non-hydrogen) atoms. The number of carbonyl (C=O) groups is 8. The average molecular weight is 1090 g/mol. The highest BCUT2D eigenvalue weighted by molar-refractivity contribution is 6.35. The van der Waals surface area contributed by atoms with Crippen LogP contribution < -0.4 is 76.9 Å². The number of benzene rings is 2. The first-order valence-electron chi connectivity index (χ1n) is 24.6. The Morgan fingerprint density at radius 2 is 1.33 bits per heavy atom. The number of aromatic nitrogens is 1. The molecule has 25 nitrogen and oxygen atoms in total. The Kier molecular flexibility index (Phi) is 24.8. The normalized spacial score (nSPS) is 21.2. The minimum absolute atomic E-state index is 0.00291. The van der Waals surface area contributed by atoms with Crippen LogP contribution in [0.5, 0.6) is 0 Å². The molecular weight excluding hydrogens is 1010 g/mol. The van der Waals surface area contributed by atoms with Crippen molar-refractivity contribution in [2.45, 2.75) is 120 Å². The van der Waals surface area contributed by atoms with E-state index in [9.17, 15) is 38.4 Å². The number of hydrogen-bond acceptors (Lipinski definition) is 12. The second-order valence-electron chi connectivity index (χ2n) is 18.0. The lowest BCUT2D eigenvalue weighted by atomic mass is 10.0. The number of H-pyrrole nitrogens is 1. The Bertz CT molecular complexity index is 2520. The first-order valence-corrected chi connectivity index (χ1v) is 25.4. The second kappa shape index (κ2) is 30.9. The van der Waals surface area contributed by atoms with Crippen molar-refractivity contribution < 1.29 is 38.4 Å². The van der Waals surface area contributed by atoms with Crippen LogP contribution in [0.15, 0.2) is 58.6 Å². The first-order chi connectivity index (χ1) is 35.8. The molecule has 1 aliphatic rings. The highest BCUT2D eigenvalue weighted by atomic mass is 35.5. The lowest BCUT2D eigenvalue weighted by Crippen LogP contribution is -2.60. The van der Waals surface area contributed by atoms with Gasteiger partial charge in [-0.05, 0) is 87.2 Å². The molecule has 1 aliphatic heterocycles. The van der Waals surface area contributed by atoms with Gasteiger partial charge in [0.2, 0.25) is 47.3 Å². The zero-order valence-corrected chi connectivity index (χ0v) is 43.4. The Hall–Kier alpha value is -7.22. The Morgan fingerprint density at radius 3 is 1.97 bits per heavy atom. The molecule has 0 bridgehead atoms. The number of aromatic amines is 1. The maximum Gasteiger partial charge on any atom is 0.243 e. The van der Waals surface area contributed by atoms with E-state index in [4.69, 9.17) is 57.6 Å². The second-order valence-corrected chi connectivity index (χ2v) is 18.9. The van der Waals surface area contributed by atoms with Crippen molar-refractivity contribution in [2.75, 3.05) is 32.7 Å². The van der Waals surface area contributed by atoms with Crippen molar-refractivity contribution in [1.82, 2.24) is 47.5 Å². The van der Waals surface area contributed by atoms with Crippen LogP contribution in [0.3, 0.4) is 0 Å². The molecule has 1 fully saturated rings. The smallest absolute Gasteiger partial charge is 0.243 e. The lowest BCUT2D eigenvalue weighted by molar-refractivity contribution is -0.135. The molecule has 0 unspecified atom stereocenters. The number of amides is 8. The molecule has 3 aromatic rings. The maximum absolute atomic E-state index is 14.7. The zero-order chi connectivity index (χ0) is 55.0. The maximum atomic E-state index is 14.7. The third kappa shape index (κ3) is 20.5. The van der Waals surface area contributed by atoms with Crippen molar-refractivity contribution in [3.05, 3.63) is 69.8 Å². The van der Waals surface area contributed by atoms with Gasteiger partial charge in [-0.3, -0.25) is 48.3 Å². The van der Waals surface area contributed by atoms with Crippen LogP contribution in [0.4, 0.5) is 0 Å². The Morgan fingerprint density at radius 1 is 0.733 bits per heavy atom. The van der Waals surface area contributed by atoms with Crippen LogP contribution >= 0.6 is 23.2 Å². The average Bonchev–Trinajstić information content (AvgIpc) is 3.77. The van der Waals surface area contributed by atoms with Gasteiger partial charge in [0.25, 0.3) is 0 Å². The van der Waals surface area contributed by atoms with Crippen LogP contribution in [-0.2, 0) is 51.2 Å². The van der Waals surface area contributed by atoms with Crippen molar-refractivity contribution in [3.63, 3.8) is 0 Å². The fourth-order valence-corrected chi connectivity index (χ4v) is 8.68. The number of rotatable bonds is 18. The van der Waals surface area contributed by atoms with Gasteiger partial charge < -0.3 is 81.9 Å². The topological polar surface area (TPSA) is 429 Å². The molecule has 7 atom stereocenters. The SMILES string of the molecule is CC(=O)N[C@@H](CCCN=C(N)N)C(=O)N[C@H]1CCC(=O)NCCC[C@@H](CN)NC(=O)[C@H](Cc2c[nH]c3ccccc23)NC(=O)[C@H](CCCN=C(N)N)NC(=O)[C@@H](Cc2ccc(Cl)cc2Cl)NC(=O)[C@H](CCN)NC1=O. The number of nitrogens with zero attached hydrogens (tertiary/aromatic N) is 2. The lowest BCUT2D eigenvalue weighted by Gasteiger charge is -2.28. The number of hydrogen-bond donors (Lipinski definition) is 15. The molecule has 0 saturated carbocycles. The summed E-state index contributed by atoms with van der Waals surface area (Å²) in [5.41, 5.74) is 36.0. The van der Waals surface area contributed by atoms with E-state index in [0.29, 0.717) is 24.0 Å². The molecule has 2 aromatic carbocycles. The van der Waals surface area contributed by atoms with Crippen molar-refractivity contribution in [3.8, 4) is 0 Å². The van der Waals surface area contributed by atoms with Crippen molar-refractivity contribution in [1.29, 1.82) is 0 Å². The van der Waals surface area contributed by atoms with Crippen LogP contribution in [0.1, 0.15) is 75.8 Å². The fraction of sp³-hybridized carbons (Fsp3) is 0.500.